The van der Waals surface area contributed by atoms with E-state index in [-0.39, 0.29) is 66.8 Å². The highest BCUT2D eigenvalue weighted by Crippen LogP contribution is 2.52. The van der Waals surface area contributed by atoms with Crippen LogP contribution in [0.3, 0.4) is 0 Å². The average Bonchev–Trinajstić information content (AvgIpc) is 3.61. The fraction of sp³-hybridized carbons (Fsp3) is 0.500. The minimum absolute atomic E-state index is 0.0396. The average molecular weight is 613 g/mol. The molecule has 7 nitrogen and oxygen atoms in total. The minimum atomic E-state index is -4.71. The van der Waals surface area contributed by atoms with E-state index in [9.17, 15) is 32.0 Å². The summed E-state index contributed by atoms with van der Waals surface area (Å²) in [6.45, 7) is 0.297. The number of alkyl halides is 5. The summed E-state index contributed by atoms with van der Waals surface area (Å²) in [6, 6.07) is 11.8. The van der Waals surface area contributed by atoms with E-state index >= 15 is 0 Å². The van der Waals surface area contributed by atoms with Crippen LogP contribution in [-0.4, -0.2) is 53.9 Å². The van der Waals surface area contributed by atoms with Crippen LogP contribution in [0.25, 0.3) is 0 Å². The molecule has 1 saturated heterocycles. The van der Waals surface area contributed by atoms with Crippen molar-refractivity contribution in [2.45, 2.75) is 62.7 Å². The van der Waals surface area contributed by atoms with Crippen LogP contribution in [0.1, 0.15) is 64.7 Å². The summed E-state index contributed by atoms with van der Waals surface area (Å²) < 4.78 is 71.6. The largest absolute Gasteiger partial charge is 0.416 e. The Hall–Kier alpha value is -3.85. The van der Waals surface area contributed by atoms with Gasteiger partial charge in [0.25, 0.3) is 11.8 Å². The number of carbonyl (C=O) groups excluding carboxylic acids is 1. The van der Waals surface area contributed by atoms with Gasteiger partial charge in [0.05, 0.1) is 24.5 Å². The minimum Gasteiger partial charge on any atom is -0.325 e. The third-order valence-corrected chi connectivity index (χ3v) is 10.1. The lowest BCUT2D eigenvalue weighted by Gasteiger charge is -2.46. The number of likely N-dealkylation sites (tertiary alicyclic amines) is 1. The molecule has 0 bridgehead atoms. The number of nitrogens with one attached hydrogen (secondary N) is 2. The molecule has 2 heterocycles. The van der Waals surface area contributed by atoms with Gasteiger partial charge in [0.1, 0.15) is 5.84 Å². The number of nitrogens with zero attached hydrogens (tertiary/aromatic N) is 4. The van der Waals surface area contributed by atoms with Crippen molar-refractivity contribution in [1.82, 2.24) is 9.80 Å². The monoisotopic (exact) mass is 612 g/mol. The van der Waals surface area contributed by atoms with Crippen LogP contribution in [0.5, 0.6) is 0 Å². The Morgan fingerprint density at radius 1 is 1.20 bits per heavy atom. The van der Waals surface area contributed by atoms with Crippen LogP contribution >= 0.6 is 0 Å². The Morgan fingerprint density at radius 2 is 1.95 bits per heavy atom. The molecule has 2 aliphatic heterocycles. The number of rotatable bonds is 7. The maximum atomic E-state index is 14.3. The van der Waals surface area contributed by atoms with E-state index in [4.69, 9.17) is 10.8 Å². The van der Waals surface area contributed by atoms with Crippen molar-refractivity contribution in [2.24, 2.45) is 17.8 Å². The number of hydrogen-bond acceptors (Lipinski definition) is 5. The smallest absolute Gasteiger partial charge is 0.325 e. The lowest BCUT2D eigenvalue weighted by atomic mass is 9.57. The van der Waals surface area contributed by atoms with E-state index in [0.29, 0.717) is 31.5 Å². The van der Waals surface area contributed by atoms with Gasteiger partial charge >= 0.3 is 6.18 Å². The van der Waals surface area contributed by atoms with Crippen molar-refractivity contribution in [3.05, 3.63) is 64.2 Å². The Bertz CT molecular complexity index is 1560. The molecule has 0 radical (unpaired) electrons. The molecule has 2 unspecified atom stereocenters. The number of nitriles is 1. The molecule has 0 spiro atoms. The molecule has 12 heteroatoms. The van der Waals surface area contributed by atoms with Crippen LogP contribution in [0, 0.1) is 39.9 Å². The van der Waals surface area contributed by atoms with Crippen molar-refractivity contribution in [1.29, 1.82) is 16.1 Å². The van der Waals surface area contributed by atoms with Crippen molar-refractivity contribution >= 4 is 23.8 Å². The lowest BCUT2D eigenvalue weighted by molar-refractivity contribution is -0.138. The molecular weight excluding hydrogens is 579 g/mol. The first-order valence-electron chi connectivity index (χ1n) is 14.7. The third kappa shape index (κ3) is 5.15. The number of hydrogen-bond donors (Lipinski definition) is 2. The highest BCUT2D eigenvalue weighted by atomic mass is 19.4. The molecule has 2 aromatic carbocycles. The molecule has 1 amide bonds. The zero-order valence-corrected chi connectivity index (χ0v) is 24.2. The van der Waals surface area contributed by atoms with Gasteiger partial charge in [-0.15, -0.1) is 0 Å². The standard InChI is InChI=1S/C32H33F5N6O/c1-41(18-39)28(40)12-30(10-20(11-30)13-38)22-3-2-4-23(9-22)43-16-25-24(29(43)44)7-19(8-26(25)32(35,36)37)14-42-15-21-5-6-31(33,34)27(21)17-42/h2-4,7-9,18,20-21,27,39-40H,5-6,10-12,14-17H2,1H3/t20-,21?,27?,30-. The van der Waals surface area contributed by atoms with E-state index in [0.717, 1.165) is 18.0 Å². The molecule has 0 aromatic heterocycles. The van der Waals surface area contributed by atoms with Crippen molar-refractivity contribution in [3.8, 4) is 6.07 Å². The summed E-state index contributed by atoms with van der Waals surface area (Å²) in [5.41, 5.74) is -0.150. The summed E-state index contributed by atoms with van der Waals surface area (Å²) >= 11 is 0. The van der Waals surface area contributed by atoms with Crippen LogP contribution in [-0.2, 0) is 24.7 Å². The van der Waals surface area contributed by atoms with Crippen LogP contribution in [0.2, 0.25) is 0 Å². The Kier molecular flexibility index (Phi) is 7.31. The summed E-state index contributed by atoms with van der Waals surface area (Å²) in [5.74, 6) is -4.31. The van der Waals surface area contributed by atoms with Gasteiger partial charge in [-0.1, -0.05) is 12.1 Å². The van der Waals surface area contributed by atoms with Gasteiger partial charge in [-0.05, 0) is 66.1 Å². The molecule has 2 N–H and O–H groups in total. The molecule has 2 saturated carbocycles. The quantitative estimate of drug-likeness (QED) is 0.214. The zero-order valence-electron chi connectivity index (χ0n) is 24.2. The molecule has 2 aromatic rings. The van der Waals surface area contributed by atoms with E-state index in [2.05, 4.69) is 6.07 Å². The van der Waals surface area contributed by atoms with E-state index in [1.165, 1.54) is 15.9 Å². The molecule has 44 heavy (non-hydrogen) atoms. The van der Waals surface area contributed by atoms with Gasteiger partial charge in [0.15, 0.2) is 0 Å². The number of amides is 1. The number of benzene rings is 2. The van der Waals surface area contributed by atoms with E-state index in [1.807, 2.05) is 6.07 Å². The van der Waals surface area contributed by atoms with Crippen molar-refractivity contribution in [2.75, 3.05) is 25.0 Å². The van der Waals surface area contributed by atoms with Gasteiger partial charge < -0.3 is 9.80 Å². The fourth-order valence-electron chi connectivity index (χ4n) is 7.69. The zero-order chi connectivity index (χ0) is 31.6. The molecular formula is C32H33F5N6O. The molecule has 4 aliphatic rings. The first-order chi connectivity index (χ1) is 20.7. The number of carbonyl (C=O) groups is 1. The fourth-order valence-corrected chi connectivity index (χ4v) is 7.69. The number of anilines is 1. The second-order valence-corrected chi connectivity index (χ2v) is 12.8. The highest BCUT2D eigenvalue weighted by molar-refractivity contribution is 6.10. The van der Waals surface area contributed by atoms with Crippen LogP contribution in [0.15, 0.2) is 36.4 Å². The van der Waals surface area contributed by atoms with Crippen molar-refractivity contribution in [3.63, 3.8) is 0 Å². The van der Waals surface area contributed by atoms with Gasteiger partial charge in [-0.3, -0.25) is 20.5 Å². The Labute approximate surface area is 252 Å². The Balaban J connectivity index is 1.28. The highest BCUT2D eigenvalue weighted by Gasteiger charge is 2.54. The summed E-state index contributed by atoms with van der Waals surface area (Å²) in [4.78, 5) is 18.2. The first-order valence-corrected chi connectivity index (χ1v) is 14.7. The Morgan fingerprint density at radius 3 is 2.61 bits per heavy atom. The third-order valence-electron chi connectivity index (χ3n) is 10.1. The van der Waals surface area contributed by atoms with E-state index in [1.54, 1.807) is 30.1 Å². The second kappa shape index (κ2) is 10.6. The maximum Gasteiger partial charge on any atom is 0.416 e. The van der Waals surface area contributed by atoms with Gasteiger partial charge in [-0.2, -0.15) is 18.4 Å². The molecule has 2 aliphatic carbocycles. The second-order valence-electron chi connectivity index (χ2n) is 12.8. The van der Waals surface area contributed by atoms with Gasteiger partial charge in [0.2, 0.25) is 0 Å². The number of amidine groups is 1. The van der Waals surface area contributed by atoms with Gasteiger partial charge in [0, 0.05) is 68.0 Å². The van der Waals surface area contributed by atoms with Crippen LogP contribution in [0.4, 0.5) is 27.6 Å². The first kappa shape index (κ1) is 30.2. The predicted octanol–water partition coefficient (Wildman–Crippen LogP) is 6.42. The normalized spacial score (nSPS) is 27.4. The summed E-state index contributed by atoms with van der Waals surface area (Å²) in [5, 5.41) is 25.3. The molecule has 3 fully saturated rings. The molecule has 6 rings (SSSR count). The molecule has 2 atom stereocenters. The summed E-state index contributed by atoms with van der Waals surface area (Å²) in [6.07, 6.45) is -2.19. The lowest BCUT2D eigenvalue weighted by Crippen LogP contribution is -2.44. The topological polar surface area (TPSA) is 98.3 Å². The molecule has 232 valence electrons. The maximum absolute atomic E-state index is 14.3. The van der Waals surface area contributed by atoms with Gasteiger partial charge in [-0.25, -0.2) is 8.78 Å². The number of halogens is 5. The van der Waals surface area contributed by atoms with E-state index < -0.39 is 34.9 Å². The van der Waals surface area contributed by atoms with Crippen molar-refractivity contribution < 1.29 is 26.7 Å². The number of fused-ring (bicyclic) bond motifs is 2. The predicted molar refractivity (Wildman–Crippen MR) is 154 cm³/mol. The SMILES string of the molecule is CN(C=N)C(=N)C[C@]1(c2cccc(N3Cc4c(cc(CN5CC6CCC(F)(F)C6C5)cc4C(F)(F)F)C3=O)c2)C[C@H](C#N)C1. The van der Waals surface area contributed by atoms with Crippen LogP contribution < -0.4 is 4.90 Å². The summed E-state index contributed by atoms with van der Waals surface area (Å²) in [7, 11) is 1.59.